The number of benzene rings is 2. The van der Waals surface area contributed by atoms with Gasteiger partial charge >= 0.3 is 5.76 Å². The van der Waals surface area contributed by atoms with Gasteiger partial charge < -0.3 is 4.42 Å². The lowest BCUT2D eigenvalue weighted by Crippen LogP contribution is -2.08. The third-order valence-corrected chi connectivity index (χ3v) is 4.47. The predicted octanol–water partition coefficient (Wildman–Crippen LogP) is 4.88. The zero-order valence-corrected chi connectivity index (χ0v) is 14.0. The maximum Gasteiger partial charge on any atom is 0.419 e. The van der Waals surface area contributed by atoms with E-state index in [2.05, 4.69) is 15.9 Å². The minimum atomic E-state index is -0.390. The maximum absolute atomic E-state index is 11.5. The molecule has 2 aromatic carbocycles. The molecule has 1 aromatic heterocycles. The Morgan fingerprint density at radius 3 is 2.67 bits per heavy atom. The third-order valence-electron chi connectivity index (χ3n) is 3.29. The van der Waals surface area contributed by atoms with Crippen molar-refractivity contribution in [2.45, 2.75) is 5.38 Å². The molecule has 0 aliphatic carbocycles. The molecule has 1 atom stereocenters. The third kappa shape index (κ3) is 2.76. The minimum Gasteiger partial charge on any atom is -0.408 e. The maximum atomic E-state index is 11.5. The Hall–Kier alpha value is -1.23. The number of hydrogen-bond acceptors (Lipinski definition) is 2. The molecule has 21 heavy (non-hydrogen) atoms. The van der Waals surface area contributed by atoms with Crippen LogP contribution in [0.25, 0.3) is 11.1 Å². The highest BCUT2D eigenvalue weighted by Crippen LogP contribution is 2.33. The van der Waals surface area contributed by atoms with E-state index in [1.807, 2.05) is 24.3 Å². The lowest BCUT2D eigenvalue weighted by Gasteiger charge is -2.11. The number of alkyl halides is 1. The first-order valence-electron chi connectivity index (χ1n) is 6.15. The van der Waals surface area contributed by atoms with Gasteiger partial charge in [-0.2, -0.15) is 0 Å². The van der Waals surface area contributed by atoms with Crippen molar-refractivity contribution in [3.05, 3.63) is 67.6 Å². The summed E-state index contributed by atoms with van der Waals surface area (Å²) in [4.78, 5) is 11.5. The van der Waals surface area contributed by atoms with E-state index in [1.165, 1.54) is 4.57 Å². The number of oxazole rings is 1. The largest absolute Gasteiger partial charge is 0.419 e. The number of fused-ring (bicyclic) bond motifs is 1. The first-order chi connectivity index (χ1) is 9.95. The van der Waals surface area contributed by atoms with Gasteiger partial charge in [-0.3, -0.25) is 4.57 Å². The van der Waals surface area contributed by atoms with Crippen LogP contribution in [0.4, 0.5) is 0 Å². The molecule has 0 N–H and O–H groups in total. The number of aromatic nitrogens is 1. The van der Waals surface area contributed by atoms with E-state index in [1.54, 1.807) is 19.2 Å². The van der Waals surface area contributed by atoms with Crippen LogP contribution < -0.4 is 5.76 Å². The lowest BCUT2D eigenvalue weighted by atomic mass is 10.0. The van der Waals surface area contributed by atoms with E-state index in [4.69, 9.17) is 27.6 Å². The average molecular weight is 387 g/mol. The summed E-state index contributed by atoms with van der Waals surface area (Å²) >= 11 is 16.0. The van der Waals surface area contributed by atoms with Crippen molar-refractivity contribution < 1.29 is 4.42 Å². The number of nitrogens with zero attached hydrogens (tertiary/aromatic N) is 1. The van der Waals surface area contributed by atoms with Gasteiger partial charge in [0.05, 0.1) is 10.9 Å². The van der Waals surface area contributed by atoms with Gasteiger partial charge in [-0.15, -0.1) is 11.6 Å². The van der Waals surface area contributed by atoms with Crippen LogP contribution in [0.5, 0.6) is 0 Å². The summed E-state index contributed by atoms with van der Waals surface area (Å²) in [5, 5.41) is 0.229. The summed E-state index contributed by atoms with van der Waals surface area (Å²) in [7, 11) is 1.67. The summed E-state index contributed by atoms with van der Waals surface area (Å²) < 4.78 is 7.51. The van der Waals surface area contributed by atoms with Gasteiger partial charge in [-0.05, 0) is 41.5 Å². The Labute approximate surface area is 139 Å². The summed E-state index contributed by atoms with van der Waals surface area (Å²) in [5.74, 6) is -0.390. The van der Waals surface area contributed by atoms with E-state index >= 15 is 0 Å². The molecule has 3 rings (SSSR count). The van der Waals surface area contributed by atoms with Gasteiger partial charge in [-0.1, -0.05) is 33.6 Å². The molecule has 108 valence electrons. The van der Waals surface area contributed by atoms with Crippen LogP contribution in [-0.4, -0.2) is 4.57 Å². The number of halogens is 3. The van der Waals surface area contributed by atoms with Gasteiger partial charge in [0.1, 0.15) is 0 Å². The van der Waals surface area contributed by atoms with Crippen molar-refractivity contribution in [1.29, 1.82) is 0 Å². The van der Waals surface area contributed by atoms with Gasteiger partial charge in [0.25, 0.3) is 0 Å². The second-order valence-corrected chi connectivity index (χ2v) is 6.51. The fraction of sp³-hybridized carbons (Fsp3) is 0.133. The molecular weight excluding hydrogens is 377 g/mol. The molecule has 1 unspecified atom stereocenters. The van der Waals surface area contributed by atoms with Gasteiger partial charge in [-0.25, -0.2) is 4.79 Å². The summed E-state index contributed by atoms with van der Waals surface area (Å²) in [6.07, 6.45) is 0. The van der Waals surface area contributed by atoms with Crippen LogP contribution in [0.2, 0.25) is 5.02 Å². The van der Waals surface area contributed by atoms with Crippen molar-refractivity contribution in [3.63, 3.8) is 0 Å². The standard InChI is InChI=1S/C15H10BrCl2NO2/c1-19-12-3-2-8(6-13(12)21-15(19)20)14(18)9-4-10(16)7-11(17)5-9/h2-7,14H,1H3. The number of aryl methyl sites for hydroxylation is 1. The molecule has 6 heteroatoms. The lowest BCUT2D eigenvalue weighted by molar-refractivity contribution is 0.528. The van der Waals surface area contributed by atoms with Crippen molar-refractivity contribution in [1.82, 2.24) is 4.57 Å². The molecule has 0 saturated carbocycles. The molecule has 1 heterocycles. The second kappa shape index (κ2) is 5.52. The van der Waals surface area contributed by atoms with Gasteiger partial charge in [0.15, 0.2) is 5.58 Å². The first-order valence-corrected chi connectivity index (χ1v) is 7.76. The second-order valence-electron chi connectivity index (χ2n) is 4.72. The molecule has 0 bridgehead atoms. The van der Waals surface area contributed by atoms with E-state index in [9.17, 15) is 4.79 Å². The highest BCUT2D eigenvalue weighted by molar-refractivity contribution is 9.10. The van der Waals surface area contributed by atoms with Crippen LogP contribution in [0.3, 0.4) is 0 Å². The summed E-state index contributed by atoms with van der Waals surface area (Å²) in [6.45, 7) is 0. The Morgan fingerprint density at radius 1 is 1.19 bits per heavy atom. The average Bonchev–Trinajstić information content (AvgIpc) is 2.71. The van der Waals surface area contributed by atoms with Gasteiger partial charge in [0.2, 0.25) is 0 Å². The molecule has 0 aliphatic heterocycles. The zero-order chi connectivity index (χ0) is 15.1. The van der Waals surface area contributed by atoms with E-state index < -0.39 is 5.76 Å². The highest BCUT2D eigenvalue weighted by atomic mass is 79.9. The molecule has 3 aromatic rings. The van der Waals surface area contributed by atoms with Crippen molar-refractivity contribution in [2.24, 2.45) is 7.05 Å². The molecule has 3 nitrogen and oxygen atoms in total. The van der Waals surface area contributed by atoms with E-state index in [0.29, 0.717) is 10.6 Å². The Bertz CT molecular complexity index is 865. The highest BCUT2D eigenvalue weighted by Gasteiger charge is 2.15. The Kier molecular flexibility index (Phi) is 3.86. The van der Waals surface area contributed by atoms with E-state index in [0.717, 1.165) is 21.1 Å². The smallest absolute Gasteiger partial charge is 0.408 e. The molecular formula is C15H10BrCl2NO2. The molecule has 0 spiro atoms. The van der Waals surface area contributed by atoms with Gasteiger partial charge in [0, 0.05) is 16.5 Å². The molecule has 0 amide bonds. The van der Waals surface area contributed by atoms with Crippen LogP contribution in [0.15, 0.2) is 50.1 Å². The SMILES string of the molecule is Cn1c(=O)oc2cc(C(Cl)c3cc(Cl)cc(Br)c3)ccc21. The molecule has 0 aliphatic rings. The summed E-state index contributed by atoms with van der Waals surface area (Å²) in [6, 6.07) is 11.0. The van der Waals surface area contributed by atoms with Crippen LogP contribution in [0.1, 0.15) is 16.5 Å². The quantitative estimate of drug-likeness (QED) is 0.588. The van der Waals surface area contributed by atoms with E-state index in [-0.39, 0.29) is 5.38 Å². The van der Waals surface area contributed by atoms with Crippen molar-refractivity contribution in [3.8, 4) is 0 Å². The number of hydrogen-bond donors (Lipinski definition) is 0. The van der Waals surface area contributed by atoms with Crippen molar-refractivity contribution >= 4 is 50.2 Å². The van der Waals surface area contributed by atoms with Crippen molar-refractivity contribution in [2.75, 3.05) is 0 Å². The first kappa shape index (κ1) is 14.7. The molecule has 0 saturated heterocycles. The minimum absolute atomic E-state index is 0.380. The van der Waals surface area contributed by atoms with Crippen LogP contribution in [0, 0.1) is 0 Å². The van der Waals surface area contributed by atoms with Crippen LogP contribution >= 0.6 is 39.1 Å². The normalized spacial score (nSPS) is 12.8. The van der Waals surface area contributed by atoms with Crippen LogP contribution in [-0.2, 0) is 7.05 Å². The topological polar surface area (TPSA) is 35.1 Å². The summed E-state index contributed by atoms with van der Waals surface area (Å²) in [5.41, 5.74) is 2.97. The monoisotopic (exact) mass is 385 g/mol. The zero-order valence-electron chi connectivity index (χ0n) is 10.9. The molecule has 0 radical (unpaired) electrons. The number of rotatable bonds is 2. The fourth-order valence-corrected chi connectivity index (χ4v) is 3.37. The Balaban J connectivity index is 2.08. The Morgan fingerprint density at radius 2 is 1.95 bits per heavy atom. The molecule has 0 fully saturated rings. The predicted molar refractivity (Wildman–Crippen MR) is 88.3 cm³/mol. The fourth-order valence-electron chi connectivity index (χ4n) is 2.22.